The van der Waals surface area contributed by atoms with Crippen LogP contribution >= 0.6 is 0 Å². The summed E-state index contributed by atoms with van der Waals surface area (Å²) in [5.74, 6) is -2.10. The van der Waals surface area contributed by atoms with Crippen molar-refractivity contribution in [2.75, 3.05) is 18.4 Å². The Bertz CT molecular complexity index is 1120. The summed E-state index contributed by atoms with van der Waals surface area (Å²) in [5, 5.41) is 14.8. The average Bonchev–Trinajstić information content (AvgIpc) is 3.32. The van der Waals surface area contributed by atoms with Crippen LogP contribution in [0.2, 0.25) is 0 Å². The smallest absolute Gasteiger partial charge is 0.326 e. The Labute approximate surface area is 198 Å². The molecule has 1 fully saturated rings. The van der Waals surface area contributed by atoms with Gasteiger partial charge in [-0.05, 0) is 42.7 Å². The molecule has 0 saturated carbocycles. The minimum Gasteiger partial charge on any atom is -0.480 e. The number of nitrogens with two attached hydrogens (primary N) is 1. The number of sulfonamides is 1. The molecule has 34 heavy (non-hydrogen) atoms. The highest BCUT2D eigenvalue weighted by Crippen LogP contribution is 2.26. The highest BCUT2D eigenvalue weighted by atomic mass is 32.2. The first-order valence-corrected chi connectivity index (χ1v) is 12.4. The van der Waals surface area contributed by atoms with Crippen molar-refractivity contribution in [3.8, 4) is 0 Å². The maximum absolute atomic E-state index is 13.0. The monoisotopic (exact) mass is 488 g/mol. The largest absolute Gasteiger partial charge is 0.480 e. The van der Waals surface area contributed by atoms with Crippen LogP contribution in [0.25, 0.3) is 0 Å². The van der Waals surface area contributed by atoms with Crippen molar-refractivity contribution < 1.29 is 27.9 Å². The molecule has 1 saturated heterocycles. The van der Waals surface area contributed by atoms with Gasteiger partial charge in [-0.2, -0.15) is 4.31 Å². The fourth-order valence-corrected chi connectivity index (χ4v) is 5.48. The third-order valence-electron chi connectivity index (χ3n) is 5.52. The molecule has 2 amide bonds. The van der Waals surface area contributed by atoms with E-state index < -0.39 is 34.0 Å². The summed E-state index contributed by atoms with van der Waals surface area (Å²) >= 11 is 0. The van der Waals surface area contributed by atoms with Crippen molar-refractivity contribution in [1.82, 2.24) is 9.62 Å². The van der Waals surface area contributed by atoms with Gasteiger partial charge in [0.25, 0.3) is 0 Å². The minimum absolute atomic E-state index is 0.00372. The fourth-order valence-electron chi connectivity index (χ4n) is 3.80. The molecule has 2 aromatic rings. The summed E-state index contributed by atoms with van der Waals surface area (Å²) in [6, 6.07) is 12.2. The second-order valence-corrected chi connectivity index (χ2v) is 9.86. The number of carboxylic acids is 1. The highest BCUT2D eigenvalue weighted by Gasteiger charge is 2.40. The van der Waals surface area contributed by atoms with Gasteiger partial charge in [0.2, 0.25) is 21.8 Å². The van der Waals surface area contributed by atoms with Crippen LogP contribution in [0.5, 0.6) is 0 Å². The zero-order valence-electron chi connectivity index (χ0n) is 18.5. The summed E-state index contributed by atoms with van der Waals surface area (Å²) in [5.41, 5.74) is 6.53. The van der Waals surface area contributed by atoms with Gasteiger partial charge in [-0.15, -0.1) is 0 Å². The molecule has 0 spiro atoms. The number of benzene rings is 2. The van der Waals surface area contributed by atoms with Crippen LogP contribution in [0.1, 0.15) is 24.8 Å². The first-order valence-electron chi connectivity index (χ1n) is 10.9. The predicted octanol–water partition coefficient (Wildman–Crippen LogP) is 0.939. The van der Waals surface area contributed by atoms with Gasteiger partial charge in [0.1, 0.15) is 12.1 Å². The van der Waals surface area contributed by atoms with Crippen molar-refractivity contribution in [2.24, 2.45) is 5.73 Å². The van der Waals surface area contributed by atoms with E-state index in [4.69, 9.17) is 5.73 Å². The number of hydrogen-bond acceptors (Lipinski definition) is 6. The number of anilines is 1. The van der Waals surface area contributed by atoms with Crippen LogP contribution in [0.3, 0.4) is 0 Å². The predicted molar refractivity (Wildman–Crippen MR) is 125 cm³/mol. The first kappa shape index (κ1) is 25.3. The quantitative estimate of drug-likeness (QED) is 0.387. The average molecular weight is 489 g/mol. The molecule has 5 N–H and O–H groups in total. The molecule has 3 rings (SSSR count). The van der Waals surface area contributed by atoms with Gasteiger partial charge in [-0.1, -0.05) is 30.3 Å². The molecular weight excluding hydrogens is 460 g/mol. The molecule has 1 aliphatic rings. The molecule has 0 radical (unpaired) electrons. The summed E-state index contributed by atoms with van der Waals surface area (Å²) < 4.78 is 27.1. The first-order chi connectivity index (χ1) is 16.2. The molecule has 1 aliphatic heterocycles. The van der Waals surface area contributed by atoms with Crippen molar-refractivity contribution in [2.45, 2.75) is 42.7 Å². The van der Waals surface area contributed by atoms with E-state index in [1.54, 1.807) is 42.5 Å². The van der Waals surface area contributed by atoms with Gasteiger partial charge < -0.3 is 21.5 Å². The van der Waals surface area contributed by atoms with Crippen LogP contribution in [0.15, 0.2) is 59.5 Å². The van der Waals surface area contributed by atoms with Crippen LogP contribution in [0.4, 0.5) is 5.69 Å². The van der Waals surface area contributed by atoms with Crippen molar-refractivity contribution in [1.29, 1.82) is 0 Å². The Kier molecular flexibility index (Phi) is 8.37. The molecule has 1 heterocycles. The van der Waals surface area contributed by atoms with E-state index in [2.05, 4.69) is 10.6 Å². The lowest BCUT2D eigenvalue weighted by atomic mass is 10.0. The summed E-state index contributed by atoms with van der Waals surface area (Å²) in [6.45, 7) is 0.416. The number of carboxylic acid groups (broad SMARTS) is 1. The lowest BCUT2D eigenvalue weighted by molar-refractivity contribution is -0.142. The SMILES string of the molecule is NCCC(=O)Nc1ccc(C[C@H](NC(=O)[C@@H]2CCCN2S(=O)(=O)c2ccccc2)C(=O)O)cc1. The number of carbonyl (C=O) groups excluding carboxylic acids is 2. The van der Waals surface area contributed by atoms with E-state index in [9.17, 15) is 27.9 Å². The fraction of sp³-hybridized carbons (Fsp3) is 0.348. The number of aliphatic carboxylic acids is 1. The van der Waals surface area contributed by atoms with Crippen LogP contribution < -0.4 is 16.4 Å². The zero-order chi connectivity index (χ0) is 24.7. The van der Waals surface area contributed by atoms with Crippen LogP contribution in [0, 0.1) is 0 Å². The highest BCUT2D eigenvalue weighted by molar-refractivity contribution is 7.89. The maximum Gasteiger partial charge on any atom is 0.326 e. The van der Waals surface area contributed by atoms with Crippen molar-refractivity contribution in [3.05, 3.63) is 60.2 Å². The number of carbonyl (C=O) groups is 3. The maximum atomic E-state index is 13.0. The van der Waals surface area contributed by atoms with Gasteiger partial charge in [0.15, 0.2) is 0 Å². The lowest BCUT2D eigenvalue weighted by Crippen LogP contribution is -2.51. The molecule has 2 atom stereocenters. The molecule has 2 aromatic carbocycles. The van der Waals surface area contributed by atoms with E-state index in [1.807, 2.05) is 0 Å². The molecule has 182 valence electrons. The number of rotatable bonds is 10. The van der Waals surface area contributed by atoms with Crippen LogP contribution in [-0.4, -0.2) is 60.8 Å². The van der Waals surface area contributed by atoms with Crippen molar-refractivity contribution in [3.63, 3.8) is 0 Å². The number of nitrogens with zero attached hydrogens (tertiary/aromatic N) is 1. The zero-order valence-corrected chi connectivity index (χ0v) is 19.3. The Hall–Kier alpha value is -3.28. The van der Waals surface area contributed by atoms with Gasteiger partial charge in [-0.3, -0.25) is 9.59 Å². The second-order valence-electron chi connectivity index (χ2n) is 7.97. The van der Waals surface area contributed by atoms with E-state index in [-0.39, 0.29) is 36.7 Å². The van der Waals surface area contributed by atoms with Gasteiger partial charge >= 0.3 is 5.97 Å². The van der Waals surface area contributed by atoms with Crippen molar-refractivity contribution >= 4 is 33.5 Å². The van der Waals surface area contributed by atoms with E-state index in [1.165, 1.54) is 12.1 Å². The Morgan fingerprint density at radius 3 is 2.38 bits per heavy atom. The Balaban J connectivity index is 1.68. The molecule has 0 aromatic heterocycles. The summed E-state index contributed by atoms with van der Waals surface area (Å²) in [7, 11) is -3.88. The standard InChI is InChI=1S/C23H28N4O6S/c24-13-12-21(28)25-17-10-8-16(9-11-17)15-19(23(30)31)26-22(29)20-7-4-14-27(20)34(32,33)18-5-2-1-3-6-18/h1-3,5-6,8-11,19-20H,4,7,12-15,24H2,(H,25,28)(H,26,29)(H,30,31)/t19-,20-/m0/s1. The molecule has 0 aliphatic carbocycles. The molecule has 10 nitrogen and oxygen atoms in total. The van der Waals surface area contributed by atoms with Gasteiger partial charge in [0, 0.05) is 31.6 Å². The third-order valence-corrected chi connectivity index (χ3v) is 7.44. The second kappa shape index (κ2) is 11.2. The number of hydrogen-bond donors (Lipinski definition) is 4. The minimum atomic E-state index is -3.88. The number of amides is 2. The summed E-state index contributed by atoms with van der Waals surface area (Å²) in [6.07, 6.45) is 0.990. The Morgan fingerprint density at radius 1 is 1.09 bits per heavy atom. The topological polar surface area (TPSA) is 159 Å². The summed E-state index contributed by atoms with van der Waals surface area (Å²) in [4.78, 5) is 36.5. The van der Waals surface area contributed by atoms with E-state index >= 15 is 0 Å². The van der Waals surface area contributed by atoms with E-state index in [0.29, 0.717) is 24.1 Å². The van der Waals surface area contributed by atoms with Gasteiger partial charge in [-0.25, -0.2) is 13.2 Å². The molecule has 0 bridgehead atoms. The van der Waals surface area contributed by atoms with E-state index in [0.717, 1.165) is 4.31 Å². The van der Waals surface area contributed by atoms with Crippen LogP contribution in [-0.2, 0) is 30.8 Å². The van der Waals surface area contributed by atoms with Gasteiger partial charge in [0.05, 0.1) is 4.90 Å². The third kappa shape index (κ3) is 6.19. The Morgan fingerprint density at radius 2 is 1.76 bits per heavy atom. The molecule has 0 unspecified atom stereocenters. The molecule has 11 heteroatoms. The number of nitrogens with one attached hydrogen (secondary N) is 2. The lowest BCUT2D eigenvalue weighted by Gasteiger charge is -2.25. The molecular formula is C23H28N4O6S. The normalized spacial score (nSPS) is 17.1.